The topological polar surface area (TPSA) is 58.8 Å². The van der Waals surface area contributed by atoms with Gasteiger partial charge in [0.2, 0.25) is 0 Å². The van der Waals surface area contributed by atoms with E-state index in [1.165, 1.54) is 0 Å². The fourth-order valence-corrected chi connectivity index (χ4v) is 3.17. The van der Waals surface area contributed by atoms with E-state index in [0.717, 1.165) is 36.9 Å². The zero-order valence-corrected chi connectivity index (χ0v) is 15.5. The van der Waals surface area contributed by atoms with Gasteiger partial charge in [-0.05, 0) is 52.2 Å². The number of para-hydroxylation sites is 2. The molecule has 136 valence electrons. The Kier molecular flexibility index (Phi) is 4.88. The van der Waals surface area contributed by atoms with Crippen LogP contribution in [0.15, 0.2) is 28.7 Å². The van der Waals surface area contributed by atoms with Crippen molar-refractivity contribution in [2.75, 3.05) is 25.0 Å². The molecule has 1 aromatic heterocycles. The molecule has 0 bridgehead atoms. The molecule has 0 N–H and O–H groups in total. The summed E-state index contributed by atoms with van der Waals surface area (Å²) in [6, 6.07) is 8.40. The number of hydrogen-bond donors (Lipinski definition) is 0. The zero-order chi connectivity index (χ0) is 18.0. The predicted octanol–water partition coefficient (Wildman–Crippen LogP) is 4.05. The third-order valence-electron chi connectivity index (χ3n) is 4.35. The second-order valence-electron chi connectivity index (χ2n) is 7.67. The first-order chi connectivity index (χ1) is 11.8. The largest absolute Gasteiger partial charge is 0.444 e. The van der Waals surface area contributed by atoms with E-state index in [9.17, 15) is 4.79 Å². The quantitative estimate of drug-likeness (QED) is 0.840. The highest BCUT2D eigenvalue weighted by Crippen LogP contribution is 2.24. The van der Waals surface area contributed by atoms with Crippen LogP contribution in [0.5, 0.6) is 0 Å². The van der Waals surface area contributed by atoms with E-state index in [1.807, 2.05) is 61.9 Å². The Morgan fingerprint density at radius 2 is 2.12 bits per heavy atom. The summed E-state index contributed by atoms with van der Waals surface area (Å²) in [7, 11) is 1.95. The number of carbonyl (C=O) groups excluding carboxylic acids is 1. The minimum atomic E-state index is -0.481. The van der Waals surface area contributed by atoms with E-state index in [0.29, 0.717) is 12.6 Å². The SMILES string of the molecule is CN(CC1CCCCN1C(=O)OC(C)(C)C)c1nc2ccccc2o1. The summed E-state index contributed by atoms with van der Waals surface area (Å²) >= 11 is 0. The molecule has 6 heteroatoms. The van der Waals surface area contributed by atoms with E-state index in [1.54, 1.807) is 0 Å². The van der Waals surface area contributed by atoms with Gasteiger partial charge in [0.1, 0.15) is 11.1 Å². The number of likely N-dealkylation sites (N-methyl/N-ethyl adjacent to an activating group) is 1. The number of anilines is 1. The Labute approximate surface area is 148 Å². The normalized spacial score (nSPS) is 18.4. The number of fused-ring (bicyclic) bond motifs is 1. The number of benzene rings is 1. The van der Waals surface area contributed by atoms with Crippen molar-refractivity contribution in [3.8, 4) is 0 Å². The third-order valence-corrected chi connectivity index (χ3v) is 4.35. The number of oxazole rings is 1. The second-order valence-corrected chi connectivity index (χ2v) is 7.67. The molecule has 1 aromatic carbocycles. The van der Waals surface area contributed by atoms with Gasteiger partial charge in [-0.1, -0.05) is 12.1 Å². The minimum absolute atomic E-state index is 0.101. The molecule has 1 fully saturated rings. The maximum Gasteiger partial charge on any atom is 0.410 e. The van der Waals surface area contributed by atoms with Gasteiger partial charge in [0.05, 0.1) is 6.04 Å². The van der Waals surface area contributed by atoms with Gasteiger partial charge in [-0.3, -0.25) is 0 Å². The molecule has 3 rings (SSSR count). The average Bonchev–Trinajstić information content (AvgIpc) is 2.98. The molecule has 0 radical (unpaired) electrons. The van der Waals surface area contributed by atoms with Crippen LogP contribution in [0, 0.1) is 0 Å². The Morgan fingerprint density at radius 1 is 1.36 bits per heavy atom. The fraction of sp³-hybridized carbons (Fsp3) is 0.579. The van der Waals surface area contributed by atoms with Crippen LogP contribution in [0.2, 0.25) is 0 Å². The number of amides is 1. The molecule has 25 heavy (non-hydrogen) atoms. The summed E-state index contributed by atoms with van der Waals surface area (Å²) in [5.74, 6) is 0. The number of hydrogen-bond acceptors (Lipinski definition) is 5. The molecule has 1 atom stereocenters. The summed E-state index contributed by atoms with van der Waals surface area (Å²) in [4.78, 5) is 20.9. The molecule has 2 heterocycles. The first-order valence-electron chi connectivity index (χ1n) is 8.90. The highest BCUT2D eigenvalue weighted by atomic mass is 16.6. The highest BCUT2D eigenvalue weighted by Gasteiger charge is 2.31. The lowest BCUT2D eigenvalue weighted by molar-refractivity contribution is 0.0107. The van der Waals surface area contributed by atoms with Crippen LogP contribution in [0.3, 0.4) is 0 Å². The fourth-order valence-electron chi connectivity index (χ4n) is 3.17. The van der Waals surface area contributed by atoms with Crippen molar-refractivity contribution in [3.05, 3.63) is 24.3 Å². The van der Waals surface area contributed by atoms with Crippen molar-refractivity contribution in [1.82, 2.24) is 9.88 Å². The summed E-state index contributed by atoms with van der Waals surface area (Å²) in [5.41, 5.74) is 1.14. The molecule has 1 amide bonds. The molecule has 0 spiro atoms. The van der Waals surface area contributed by atoms with Crippen molar-refractivity contribution in [2.45, 2.75) is 51.7 Å². The van der Waals surface area contributed by atoms with Gasteiger partial charge in [-0.15, -0.1) is 0 Å². The van der Waals surface area contributed by atoms with Crippen molar-refractivity contribution in [2.24, 2.45) is 0 Å². The lowest BCUT2D eigenvalue weighted by Gasteiger charge is -2.38. The molecular weight excluding hydrogens is 318 g/mol. The van der Waals surface area contributed by atoms with Crippen LogP contribution < -0.4 is 4.90 Å². The van der Waals surface area contributed by atoms with Crippen LogP contribution in [0.25, 0.3) is 11.1 Å². The molecule has 1 aliphatic rings. The molecule has 0 aliphatic carbocycles. The first kappa shape index (κ1) is 17.6. The molecule has 1 saturated heterocycles. The van der Waals surface area contributed by atoms with E-state index in [4.69, 9.17) is 9.15 Å². The van der Waals surface area contributed by atoms with E-state index >= 15 is 0 Å². The lowest BCUT2D eigenvalue weighted by Crippen LogP contribution is -2.50. The van der Waals surface area contributed by atoms with Gasteiger partial charge in [0.25, 0.3) is 6.01 Å². The number of nitrogens with zero attached hydrogens (tertiary/aromatic N) is 3. The summed E-state index contributed by atoms with van der Waals surface area (Å²) in [6.45, 7) is 7.10. The van der Waals surface area contributed by atoms with Crippen LogP contribution >= 0.6 is 0 Å². The highest BCUT2D eigenvalue weighted by molar-refractivity contribution is 5.74. The predicted molar refractivity (Wildman–Crippen MR) is 97.9 cm³/mol. The summed E-state index contributed by atoms with van der Waals surface area (Å²) < 4.78 is 11.4. The van der Waals surface area contributed by atoms with E-state index < -0.39 is 5.60 Å². The minimum Gasteiger partial charge on any atom is -0.444 e. The number of piperidine rings is 1. The Balaban J connectivity index is 1.71. The third kappa shape index (κ3) is 4.24. The van der Waals surface area contributed by atoms with Gasteiger partial charge in [-0.25, -0.2) is 4.79 Å². The van der Waals surface area contributed by atoms with Crippen LogP contribution in [-0.2, 0) is 4.74 Å². The smallest absolute Gasteiger partial charge is 0.410 e. The average molecular weight is 345 g/mol. The zero-order valence-electron chi connectivity index (χ0n) is 15.5. The molecule has 1 unspecified atom stereocenters. The van der Waals surface area contributed by atoms with E-state index in [2.05, 4.69) is 4.98 Å². The standard InChI is InChI=1S/C19H27N3O3/c1-19(2,3)25-18(23)22-12-8-7-9-14(22)13-21(4)17-20-15-10-5-6-11-16(15)24-17/h5-6,10-11,14H,7-9,12-13H2,1-4H3. The maximum absolute atomic E-state index is 12.5. The molecule has 1 aliphatic heterocycles. The molecular formula is C19H27N3O3. The van der Waals surface area contributed by atoms with Crippen molar-refractivity contribution >= 4 is 23.2 Å². The first-order valence-corrected chi connectivity index (χ1v) is 8.90. The van der Waals surface area contributed by atoms with Crippen LogP contribution in [-0.4, -0.2) is 47.8 Å². The van der Waals surface area contributed by atoms with Crippen molar-refractivity contribution in [1.29, 1.82) is 0 Å². The van der Waals surface area contributed by atoms with Crippen molar-refractivity contribution in [3.63, 3.8) is 0 Å². The Morgan fingerprint density at radius 3 is 2.84 bits per heavy atom. The van der Waals surface area contributed by atoms with Gasteiger partial charge >= 0.3 is 6.09 Å². The molecule has 6 nitrogen and oxygen atoms in total. The number of rotatable bonds is 3. The van der Waals surface area contributed by atoms with E-state index in [-0.39, 0.29) is 12.1 Å². The van der Waals surface area contributed by atoms with Gasteiger partial charge < -0.3 is 19.0 Å². The Hall–Kier alpha value is -2.24. The van der Waals surface area contributed by atoms with Gasteiger partial charge in [0.15, 0.2) is 5.58 Å². The molecule has 0 saturated carbocycles. The monoisotopic (exact) mass is 345 g/mol. The van der Waals surface area contributed by atoms with Crippen LogP contribution in [0.4, 0.5) is 10.8 Å². The lowest BCUT2D eigenvalue weighted by atomic mass is 10.0. The summed E-state index contributed by atoms with van der Waals surface area (Å²) in [5, 5.41) is 0. The van der Waals surface area contributed by atoms with Gasteiger partial charge in [-0.2, -0.15) is 4.98 Å². The van der Waals surface area contributed by atoms with Crippen molar-refractivity contribution < 1.29 is 13.9 Å². The number of likely N-dealkylation sites (tertiary alicyclic amines) is 1. The van der Waals surface area contributed by atoms with Crippen LogP contribution in [0.1, 0.15) is 40.0 Å². The summed E-state index contributed by atoms with van der Waals surface area (Å²) in [6.07, 6.45) is 2.86. The van der Waals surface area contributed by atoms with Gasteiger partial charge in [0, 0.05) is 20.1 Å². The maximum atomic E-state index is 12.5. The number of aromatic nitrogens is 1. The molecule has 2 aromatic rings. The Bertz CT molecular complexity index is 702. The number of carbonyl (C=O) groups is 1. The second kappa shape index (κ2) is 6.94. The number of ether oxygens (including phenoxy) is 1.